The summed E-state index contributed by atoms with van der Waals surface area (Å²) in [6, 6.07) is 15.1. The maximum atomic E-state index is 12.4. The molecule has 0 radical (unpaired) electrons. The van der Waals surface area contributed by atoms with Crippen molar-refractivity contribution in [3.8, 4) is 0 Å². The van der Waals surface area contributed by atoms with E-state index in [0.29, 0.717) is 16.8 Å². The summed E-state index contributed by atoms with van der Waals surface area (Å²) in [4.78, 5) is 25.8. The van der Waals surface area contributed by atoms with Crippen molar-refractivity contribution in [3.05, 3.63) is 65.7 Å². The number of anilines is 2. The van der Waals surface area contributed by atoms with Crippen molar-refractivity contribution in [3.63, 3.8) is 0 Å². The number of benzene rings is 2. The molecule has 0 saturated heterocycles. The van der Waals surface area contributed by atoms with Crippen molar-refractivity contribution in [1.29, 1.82) is 0 Å². The van der Waals surface area contributed by atoms with E-state index >= 15 is 0 Å². The maximum Gasteiger partial charge on any atom is 0.409 e. The maximum absolute atomic E-state index is 12.4. The molecule has 0 aliphatic heterocycles. The van der Waals surface area contributed by atoms with Crippen LogP contribution in [-0.4, -0.2) is 35.6 Å². The van der Waals surface area contributed by atoms with Gasteiger partial charge in [0.2, 0.25) is 5.91 Å². The molecule has 4 aliphatic rings. The molecule has 2 amide bonds. The van der Waals surface area contributed by atoms with Gasteiger partial charge in [-0.15, -0.1) is 0 Å². The summed E-state index contributed by atoms with van der Waals surface area (Å²) in [5, 5.41) is 14.0. The molecule has 6 rings (SSSR count). The lowest BCUT2D eigenvalue weighted by atomic mass is 9.49. The van der Waals surface area contributed by atoms with E-state index in [1.54, 1.807) is 30.3 Å². The summed E-state index contributed by atoms with van der Waals surface area (Å²) in [5.41, 5.74) is 3.54. The van der Waals surface area contributed by atoms with E-state index < -0.39 is 6.09 Å². The van der Waals surface area contributed by atoms with Crippen molar-refractivity contribution >= 4 is 29.5 Å². The fourth-order valence-electron chi connectivity index (χ4n) is 7.32. The average Bonchev–Trinajstić information content (AvgIpc) is 2.78. The normalized spacial score (nSPS) is 26.9. The first-order valence-electron chi connectivity index (χ1n) is 12.7. The number of nitrogens with zero attached hydrogens (tertiary/aromatic N) is 1. The smallest absolute Gasteiger partial charge is 0.409 e. The second-order valence-electron chi connectivity index (χ2n) is 11.1. The summed E-state index contributed by atoms with van der Waals surface area (Å²) < 4.78 is 0. The predicted octanol–water partition coefficient (Wildman–Crippen LogP) is 6.08. The summed E-state index contributed by atoms with van der Waals surface area (Å²) in [6.45, 7) is 2.15. The number of para-hydroxylation sites is 2. The van der Waals surface area contributed by atoms with E-state index in [9.17, 15) is 9.59 Å². The number of carbonyl (C=O) groups is 2. The van der Waals surface area contributed by atoms with E-state index in [-0.39, 0.29) is 5.91 Å². The van der Waals surface area contributed by atoms with Crippen molar-refractivity contribution in [1.82, 2.24) is 4.90 Å². The van der Waals surface area contributed by atoms with Crippen LogP contribution in [0, 0.1) is 23.2 Å². The number of hydrogen-bond acceptors (Lipinski definition) is 3. The Morgan fingerprint density at radius 3 is 2.09 bits per heavy atom. The molecule has 4 bridgehead atoms. The Balaban J connectivity index is 1.14. The minimum atomic E-state index is -1.18. The van der Waals surface area contributed by atoms with Gasteiger partial charge in [0.15, 0.2) is 0 Å². The molecule has 4 fully saturated rings. The van der Waals surface area contributed by atoms with Gasteiger partial charge < -0.3 is 15.3 Å². The van der Waals surface area contributed by atoms with Crippen LogP contribution in [0.4, 0.5) is 16.2 Å². The molecule has 2 aromatic rings. The fraction of sp³-hybridized carbons (Fsp3) is 0.448. The highest BCUT2D eigenvalue weighted by molar-refractivity contribution is 6.04. The zero-order valence-electron chi connectivity index (χ0n) is 20.4. The quantitative estimate of drug-likeness (QED) is 0.406. The molecule has 35 heavy (non-hydrogen) atoms. The van der Waals surface area contributed by atoms with Crippen molar-refractivity contribution < 1.29 is 14.7 Å². The molecule has 0 heterocycles. The number of hydrogen-bond donors (Lipinski definition) is 3. The zero-order valence-corrected chi connectivity index (χ0v) is 20.4. The van der Waals surface area contributed by atoms with Crippen LogP contribution < -0.4 is 10.6 Å². The third kappa shape index (κ3) is 5.76. The van der Waals surface area contributed by atoms with E-state index in [1.165, 1.54) is 56.7 Å². The van der Waals surface area contributed by atoms with Crippen LogP contribution in [0.1, 0.15) is 49.7 Å². The van der Waals surface area contributed by atoms with E-state index in [0.717, 1.165) is 29.9 Å². The Morgan fingerprint density at radius 2 is 1.51 bits per heavy atom. The molecule has 0 unspecified atom stereocenters. The minimum absolute atomic E-state index is 0.316. The Bertz CT molecular complexity index is 1070. The summed E-state index contributed by atoms with van der Waals surface area (Å²) in [7, 11) is 2.26. The van der Waals surface area contributed by atoms with Crippen LogP contribution in [0.5, 0.6) is 0 Å². The van der Waals surface area contributed by atoms with Crippen molar-refractivity contribution in [2.45, 2.75) is 45.1 Å². The van der Waals surface area contributed by atoms with Crippen LogP contribution in [0.15, 0.2) is 54.6 Å². The van der Waals surface area contributed by atoms with Gasteiger partial charge in [-0.2, -0.15) is 0 Å². The topological polar surface area (TPSA) is 81.7 Å². The third-order valence-electron chi connectivity index (χ3n) is 8.06. The lowest BCUT2D eigenvalue weighted by molar-refractivity contribution is -0.111. The molecule has 2 aromatic carbocycles. The van der Waals surface area contributed by atoms with Crippen LogP contribution >= 0.6 is 0 Å². The number of amides is 2. The first kappa shape index (κ1) is 23.6. The van der Waals surface area contributed by atoms with Gasteiger partial charge in [-0.1, -0.05) is 36.4 Å². The highest BCUT2D eigenvalue weighted by Gasteiger charge is 2.50. The monoisotopic (exact) mass is 473 g/mol. The predicted molar refractivity (Wildman–Crippen MR) is 139 cm³/mol. The Morgan fingerprint density at radius 1 is 0.943 bits per heavy atom. The van der Waals surface area contributed by atoms with E-state index in [1.807, 2.05) is 12.1 Å². The van der Waals surface area contributed by atoms with Gasteiger partial charge in [0.05, 0.1) is 11.4 Å². The summed E-state index contributed by atoms with van der Waals surface area (Å²) >= 11 is 0. The average molecular weight is 474 g/mol. The molecular formula is C29H35N3O3. The van der Waals surface area contributed by atoms with Crippen LogP contribution in [0.2, 0.25) is 0 Å². The molecular weight excluding hydrogens is 438 g/mol. The van der Waals surface area contributed by atoms with Gasteiger partial charge in [0, 0.05) is 19.2 Å². The van der Waals surface area contributed by atoms with Gasteiger partial charge in [-0.3, -0.25) is 10.1 Å². The first-order chi connectivity index (χ1) is 16.9. The summed E-state index contributed by atoms with van der Waals surface area (Å²) in [6.07, 6.45) is 10.8. The lowest BCUT2D eigenvalue weighted by Gasteiger charge is -2.57. The standard InChI is InChI=1S/C29H35N3O3/c1-32(19-29-15-22-12-23(16-29)14-24(13-22)17-29)18-21-8-6-20(7-9-21)10-11-27(33)30-25-4-2-3-5-26(25)31-28(34)35/h2-11,22-24,31H,12-19H2,1H3,(H,30,33)(H,34,35). The summed E-state index contributed by atoms with van der Waals surface area (Å²) in [5.74, 6) is 2.64. The minimum Gasteiger partial charge on any atom is -0.465 e. The van der Waals surface area contributed by atoms with Crippen LogP contribution in [0.25, 0.3) is 6.08 Å². The lowest BCUT2D eigenvalue weighted by Crippen LogP contribution is -2.50. The van der Waals surface area contributed by atoms with Gasteiger partial charge in [-0.25, -0.2) is 4.79 Å². The van der Waals surface area contributed by atoms with Gasteiger partial charge >= 0.3 is 6.09 Å². The molecule has 6 nitrogen and oxygen atoms in total. The second-order valence-corrected chi connectivity index (χ2v) is 11.1. The Hall–Kier alpha value is -3.12. The molecule has 0 atom stereocenters. The van der Waals surface area contributed by atoms with Crippen molar-refractivity contribution in [2.24, 2.45) is 23.2 Å². The Kier molecular flexibility index (Phi) is 6.65. The second kappa shape index (κ2) is 9.86. The molecule has 184 valence electrons. The SMILES string of the molecule is CN(Cc1ccc(C=CC(=O)Nc2ccccc2NC(=O)O)cc1)CC12CC3CC(CC(C3)C1)C2. The van der Waals surface area contributed by atoms with Gasteiger partial charge in [0.25, 0.3) is 0 Å². The molecule has 0 spiro atoms. The largest absolute Gasteiger partial charge is 0.465 e. The first-order valence-corrected chi connectivity index (χ1v) is 12.7. The number of carbonyl (C=O) groups excluding carboxylic acids is 1. The zero-order chi connectivity index (χ0) is 24.4. The third-order valence-corrected chi connectivity index (χ3v) is 8.06. The van der Waals surface area contributed by atoms with E-state index in [4.69, 9.17) is 5.11 Å². The van der Waals surface area contributed by atoms with Crippen molar-refractivity contribution in [2.75, 3.05) is 24.2 Å². The highest BCUT2D eigenvalue weighted by Crippen LogP contribution is 2.60. The fourth-order valence-corrected chi connectivity index (χ4v) is 7.32. The van der Waals surface area contributed by atoms with Gasteiger partial charge in [0.1, 0.15) is 0 Å². The molecule has 0 aromatic heterocycles. The number of nitrogens with one attached hydrogen (secondary N) is 2. The molecule has 4 aliphatic carbocycles. The van der Waals surface area contributed by atoms with Crippen LogP contribution in [-0.2, 0) is 11.3 Å². The van der Waals surface area contributed by atoms with Gasteiger partial charge in [-0.05, 0) is 98.1 Å². The van der Waals surface area contributed by atoms with E-state index in [2.05, 4.69) is 34.7 Å². The molecule has 3 N–H and O–H groups in total. The molecule has 4 saturated carbocycles. The molecule has 6 heteroatoms. The number of carboxylic acid groups (broad SMARTS) is 1. The highest BCUT2D eigenvalue weighted by atomic mass is 16.4. The van der Waals surface area contributed by atoms with Crippen LogP contribution in [0.3, 0.4) is 0 Å². The number of rotatable bonds is 8. The Labute approximate surface area is 207 Å².